The van der Waals surface area contributed by atoms with Crippen LogP contribution in [0.3, 0.4) is 0 Å². The van der Waals surface area contributed by atoms with E-state index in [-0.39, 0.29) is 53.7 Å². The molecule has 0 fully saturated rings. The number of hydrogen-bond donors (Lipinski definition) is 3. The molecule has 138 valence electrons. The van der Waals surface area contributed by atoms with Crippen LogP contribution in [0, 0.1) is 0 Å². The van der Waals surface area contributed by atoms with E-state index >= 15 is 0 Å². The Balaban J connectivity index is -0.000000169. The van der Waals surface area contributed by atoms with Crippen LogP contribution in [0.25, 0.3) is 0 Å². The number of esters is 1. The number of hydrogen-bond acceptors (Lipinski definition) is 6. The van der Waals surface area contributed by atoms with Crippen molar-refractivity contribution in [2.75, 3.05) is 26.4 Å². The van der Waals surface area contributed by atoms with Gasteiger partial charge in [0.25, 0.3) is 0 Å². The Labute approximate surface area is 159 Å². The molecular formula is C17H30O6Ti. The SMILES string of the molecule is CCO.CCO.CCO.CCOC(=O)CC(=O)c1ccccc1.[Ti]. The first-order chi connectivity index (χ1) is 11.0. The van der Waals surface area contributed by atoms with Crippen molar-refractivity contribution < 1.29 is 51.4 Å². The Morgan fingerprint density at radius 2 is 1.25 bits per heavy atom. The van der Waals surface area contributed by atoms with Crippen LogP contribution in [-0.4, -0.2) is 53.5 Å². The number of carbonyl (C=O) groups is 2. The average molecular weight is 378 g/mol. The van der Waals surface area contributed by atoms with Crippen LogP contribution in [0.2, 0.25) is 0 Å². The smallest absolute Gasteiger partial charge is 0.313 e. The van der Waals surface area contributed by atoms with E-state index in [0.717, 1.165) is 0 Å². The first-order valence-corrected chi connectivity index (χ1v) is 7.55. The third-order valence-electron chi connectivity index (χ3n) is 1.71. The third-order valence-corrected chi connectivity index (χ3v) is 1.71. The van der Waals surface area contributed by atoms with Crippen LogP contribution in [-0.2, 0) is 31.2 Å². The molecule has 0 heterocycles. The van der Waals surface area contributed by atoms with Gasteiger partial charge < -0.3 is 20.1 Å². The van der Waals surface area contributed by atoms with Gasteiger partial charge in [0.2, 0.25) is 0 Å². The summed E-state index contributed by atoms with van der Waals surface area (Å²) in [5.41, 5.74) is 0.542. The summed E-state index contributed by atoms with van der Waals surface area (Å²) in [6.07, 6.45) is -0.183. The predicted molar refractivity (Wildman–Crippen MR) is 90.3 cm³/mol. The Bertz CT molecular complexity index is 366. The van der Waals surface area contributed by atoms with Crippen molar-refractivity contribution in [1.82, 2.24) is 0 Å². The maximum atomic E-state index is 11.4. The monoisotopic (exact) mass is 378 g/mol. The number of benzene rings is 1. The molecule has 0 aliphatic carbocycles. The Hall–Kier alpha value is -1.05. The molecule has 0 aromatic heterocycles. The fourth-order valence-corrected chi connectivity index (χ4v) is 1.07. The molecule has 0 atom stereocenters. The fraction of sp³-hybridized carbons (Fsp3) is 0.529. The number of rotatable bonds is 4. The van der Waals surface area contributed by atoms with Gasteiger partial charge in [-0.2, -0.15) is 0 Å². The zero-order chi connectivity index (χ0) is 18.5. The maximum Gasteiger partial charge on any atom is 0.313 e. The molecule has 0 saturated carbocycles. The Morgan fingerprint density at radius 3 is 1.58 bits per heavy atom. The van der Waals surface area contributed by atoms with Crippen LogP contribution >= 0.6 is 0 Å². The molecule has 24 heavy (non-hydrogen) atoms. The molecule has 0 amide bonds. The standard InChI is InChI=1S/C11H12O3.3C2H6O.Ti/c1-2-14-11(13)8-10(12)9-6-4-3-5-7-9;3*1-2-3;/h3-7H,2,8H2,1H3;3*3H,2H2,1H3;. The summed E-state index contributed by atoms with van der Waals surface area (Å²) in [6, 6.07) is 8.71. The van der Waals surface area contributed by atoms with E-state index in [1.54, 1.807) is 52.0 Å². The maximum absolute atomic E-state index is 11.4. The van der Waals surface area contributed by atoms with Crippen molar-refractivity contribution in [1.29, 1.82) is 0 Å². The summed E-state index contributed by atoms with van der Waals surface area (Å²) in [4.78, 5) is 22.4. The first-order valence-electron chi connectivity index (χ1n) is 7.55. The largest absolute Gasteiger partial charge is 0.466 e. The van der Waals surface area contributed by atoms with Gasteiger partial charge in [-0.25, -0.2) is 0 Å². The molecule has 1 aromatic carbocycles. The van der Waals surface area contributed by atoms with Gasteiger partial charge in [-0.3, -0.25) is 9.59 Å². The van der Waals surface area contributed by atoms with E-state index in [9.17, 15) is 9.59 Å². The summed E-state index contributed by atoms with van der Waals surface area (Å²) in [5, 5.41) is 22.7. The van der Waals surface area contributed by atoms with Gasteiger partial charge in [-0.1, -0.05) is 30.3 Å². The van der Waals surface area contributed by atoms with E-state index < -0.39 is 5.97 Å². The molecule has 0 aliphatic heterocycles. The topological polar surface area (TPSA) is 104 Å². The molecule has 3 N–H and O–H groups in total. The van der Waals surface area contributed by atoms with E-state index in [0.29, 0.717) is 12.2 Å². The van der Waals surface area contributed by atoms with Crippen LogP contribution < -0.4 is 0 Å². The molecule has 0 spiro atoms. The number of ether oxygens (including phenoxy) is 1. The zero-order valence-electron chi connectivity index (χ0n) is 15.0. The fourth-order valence-electron chi connectivity index (χ4n) is 1.07. The summed E-state index contributed by atoms with van der Waals surface area (Å²) in [6.45, 7) is 7.81. The predicted octanol–water partition coefficient (Wildman–Crippen LogP) is 1.82. The van der Waals surface area contributed by atoms with Crippen LogP contribution in [0.1, 0.15) is 44.5 Å². The number of aliphatic hydroxyl groups excluding tert-OH is 3. The van der Waals surface area contributed by atoms with E-state index in [1.807, 2.05) is 6.07 Å². The van der Waals surface area contributed by atoms with Crippen LogP contribution in [0.5, 0.6) is 0 Å². The van der Waals surface area contributed by atoms with Crippen molar-refractivity contribution in [3.63, 3.8) is 0 Å². The molecule has 1 rings (SSSR count). The van der Waals surface area contributed by atoms with Gasteiger partial charge in [-0.15, -0.1) is 0 Å². The van der Waals surface area contributed by atoms with Gasteiger partial charge in [0, 0.05) is 47.1 Å². The third kappa shape index (κ3) is 25.9. The van der Waals surface area contributed by atoms with Crippen LogP contribution in [0.15, 0.2) is 30.3 Å². The molecule has 0 saturated heterocycles. The number of carbonyl (C=O) groups excluding carboxylic acids is 2. The van der Waals surface area contributed by atoms with E-state index in [1.165, 1.54) is 0 Å². The van der Waals surface area contributed by atoms with Crippen molar-refractivity contribution in [2.24, 2.45) is 0 Å². The molecule has 1 aromatic rings. The summed E-state index contributed by atoms with van der Waals surface area (Å²) >= 11 is 0. The van der Waals surface area contributed by atoms with Gasteiger partial charge in [0.1, 0.15) is 6.42 Å². The van der Waals surface area contributed by atoms with Crippen molar-refractivity contribution in [3.05, 3.63) is 35.9 Å². The first kappa shape index (κ1) is 30.8. The molecule has 0 aliphatic rings. The molecule has 0 unspecified atom stereocenters. The van der Waals surface area contributed by atoms with Gasteiger partial charge >= 0.3 is 5.97 Å². The summed E-state index contributed by atoms with van der Waals surface area (Å²) in [7, 11) is 0. The second kappa shape index (κ2) is 26.8. The summed E-state index contributed by atoms with van der Waals surface area (Å²) in [5.74, 6) is -0.676. The normalized spacial score (nSPS) is 7.79. The summed E-state index contributed by atoms with van der Waals surface area (Å²) < 4.78 is 4.67. The Kier molecular flexibility index (Phi) is 34.4. The number of aliphatic hydroxyl groups is 3. The number of Topliss-reactive ketones (excluding diaryl/α,β-unsaturated/α-hetero) is 1. The minimum absolute atomic E-state index is 0. The second-order valence-corrected chi connectivity index (χ2v) is 3.72. The van der Waals surface area contributed by atoms with Crippen LogP contribution in [0.4, 0.5) is 0 Å². The molecular weight excluding hydrogens is 348 g/mol. The molecule has 6 nitrogen and oxygen atoms in total. The van der Waals surface area contributed by atoms with Crippen molar-refractivity contribution in [3.8, 4) is 0 Å². The van der Waals surface area contributed by atoms with Crippen molar-refractivity contribution in [2.45, 2.75) is 34.1 Å². The van der Waals surface area contributed by atoms with Crippen molar-refractivity contribution >= 4 is 11.8 Å². The molecule has 0 radical (unpaired) electrons. The molecule has 0 bridgehead atoms. The van der Waals surface area contributed by atoms with Gasteiger partial charge in [-0.05, 0) is 27.7 Å². The molecule has 7 heteroatoms. The minimum Gasteiger partial charge on any atom is -0.466 e. The Morgan fingerprint density at radius 1 is 0.875 bits per heavy atom. The quantitative estimate of drug-likeness (QED) is 0.320. The second-order valence-electron chi connectivity index (χ2n) is 3.72. The van der Waals surface area contributed by atoms with E-state index in [4.69, 9.17) is 15.3 Å². The zero-order valence-corrected chi connectivity index (χ0v) is 16.6. The van der Waals surface area contributed by atoms with Gasteiger partial charge in [0.05, 0.1) is 6.61 Å². The van der Waals surface area contributed by atoms with E-state index in [2.05, 4.69) is 4.74 Å². The minimum atomic E-state index is -0.471. The number of ketones is 1. The average Bonchev–Trinajstić information content (AvgIpc) is 2.51. The van der Waals surface area contributed by atoms with Gasteiger partial charge in [0.15, 0.2) is 5.78 Å².